The first-order valence-electron chi connectivity index (χ1n) is 7.01. The lowest BCUT2D eigenvalue weighted by Crippen LogP contribution is -2.34. The Morgan fingerprint density at radius 3 is 2.45 bits per heavy atom. The molecule has 0 aromatic heterocycles. The number of hydrogen-bond donors (Lipinski definition) is 2. The molecule has 1 atom stereocenters. The topological polar surface area (TPSA) is 84.9 Å². The molecule has 0 aromatic carbocycles. The van der Waals surface area contributed by atoms with Crippen molar-refractivity contribution in [2.45, 2.75) is 52.6 Å². The van der Waals surface area contributed by atoms with Crippen molar-refractivity contribution in [2.75, 3.05) is 19.8 Å². The van der Waals surface area contributed by atoms with Gasteiger partial charge >= 0.3 is 12.1 Å². The van der Waals surface area contributed by atoms with Gasteiger partial charge in [-0.15, -0.1) is 0 Å². The molecule has 0 rings (SSSR count). The van der Waals surface area contributed by atoms with Gasteiger partial charge in [-0.25, -0.2) is 4.79 Å². The summed E-state index contributed by atoms with van der Waals surface area (Å²) in [6.45, 7) is 8.76. The third-order valence-electron chi connectivity index (χ3n) is 2.39. The molecule has 0 fully saturated rings. The maximum absolute atomic E-state index is 11.4. The van der Waals surface area contributed by atoms with Crippen LogP contribution >= 0.6 is 0 Å². The van der Waals surface area contributed by atoms with E-state index >= 15 is 0 Å². The lowest BCUT2D eigenvalue weighted by Gasteiger charge is -2.20. The maximum Gasteiger partial charge on any atom is 0.407 e. The van der Waals surface area contributed by atoms with Crippen LogP contribution in [0.15, 0.2) is 0 Å². The highest BCUT2D eigenvalue weighted by atomic mass is 16.6. The zero-order valence-corrected chi connectivity index (χ0v) is 12.9. The van der Waals surface area contributed by atoms with Gasteiger partial charge in [-0.1, -0.05) is 6.92 Å². The third-order valence-corrected chi connectivity index (χ3v) is 2.39. The molecule has 0 aliphatic heterocycles. The predicted octanol–water partition coefficient (Wildman–Crippen LogP) is 2.42. The third kappa shape index (κ3) is 11.8. The SMILES string of the molecule is CCCOC[C@@H](CCNC(=O)OC(C)(C)C)CC(=O)O. The van der Waals surface area contributed by atoms with E-state index in [0.29, 0.717) is 26.2 Å². The molecule has 0 heterocycles. The molecule has 0 bridgehead atoms. The summed E-state index contributed by atoms with van der Waals surface area (Å²) in [4.78, 5) is 22.2. The van der Waals surface area contributed by atoms with Gasteiger partial charge in [0, 0.05) is 13.2 Å². The molecular weight excluding hydrogens is 262 g/mol. The number of alkyl carbamates (subject to hydrolysis) is 1. The van der Waals surface area contributed by atoms with Crippen molar-refractivity contribution < 1.29 is 24.2 Å². The number of carboxylic acid groups (broad SMARTS) is 1. The fourth-order valence-electron chi connectivity index (χ4n) is 1.58. The lowest BCUT2D eigenvalue weighted by molar-refractivity contribution is -0.138. The average Bonchev–Trinajstić information content (AvgIpc) is 2.25. The smallest absolute Gasteiger partial charge is 0.407 e. The molecule has 0 saturated carbocycles. The minimum absolute atomic E-state index is 0.0414. The Labute approximate surface area is 120 Å². The molecule has 0 unspecified atom stereocenters. The number of ether oxygens (including phenoxy) is 2. The van der Waals surface area contributed by atoms with Crippen molar-refractivity contribution in [3.63, 3.8) is 0 Å². The fraction of sp³-hybridized carbons (Fsp3) is 0.857. The summed E-state index contributed by atoms with van der Waals surface area (Å²) in [6.07, 6.45) is 1.01. The molecular formula is C14H27NO5. The van der Waals surface area contributed by atoms with Crippen LogP contribution < -0.4 is 5.32 Å². The van der Waals surface area contributed by atoms with E-state index < -0.39 is 17.7 Å². The quantitative estimate of drug-likeness (QED) is 0.637. The molecule has 6 heteroatoms. The summed E-state index contributed by atoms with van der Waals surface area (Å²) in [7, 11) is 0. The molecule has 0 aliphatic rings. The highest BCUT2D eigenvalue weighted by Gasteiger charge is 2.17. The highest BCUT2D eigenvalue weighted by molar-refractivity contribution is 5.68. The van der Waals surface area contributed by atoms with Gasteiger partial charge in [0.1, 0.15) is 5.60 Å². The van der Waals surface area contributed by atoms with Gasteiger partial charge < -0.3 is 19.9 Å². The van der Waals surface area contributed by atoms with Crippen molar-refractivity contribution in [1.82, 2.24) is 5.32 Å². The first kappa shape index (κ1) is 18.7. The molecule has 0 saturated heterocycles. The Hall–Kier alpha value is -1.30. The number of rotatable bonds is 9. The van der Waals surface area contributed by atoms with E-state index in [0.717, 1.165) is 6.42 Å². The first-order valence-corrected chi connectivity index (χ1v) is 7.01. The molecule has 0 aliphatic carbocycles. The van der Waals surface area contributed by atoms with Crippen LogP contribution in [0, 0.1) is 5.92 Å². The minimum atomic E-state index is -0.854. The Kier molecular flexibility index (Phi) is 8.96. The second-order valence-electron chi connectivity index (χ2n) is 5.76. The number of hydrogen-bond acceptors (Lipinski definition) is 4. The minimum Gasteiger partial charge on any atom is -0.481 e. The Bertz CT molecular complexity index is 298. The molecule has 6 nitrogen and oxygen atoms in total. The van der Waals surface area contributed by atoms with Crippen LogP contribution in [0.3, 0.4) is 0 Å². The lowest BCUT2D eigenvalue weighted by atomic mass is 10.0. The van der Waals surface area contributed by atoms with Crippen LogP contribution in [0.2, 0.25) is 0 Å². The van der Waals surface area contributed by atoms with Gasteiger partial charge in [0.05, 0.1) is 13.0 Å². The van der Waals surface area contributed by atoms with E-state index in [-0.39, 0.29) is 12.3 Å². The Balaban J connectivity index is 3.99. The molecule has 1 amide bonds. The van der Waals surface area contributed by atoms with Gasteiger partial charge in [-0.05, 0) is 39.5 Å². The van der Waals surface area contributed by atoms with Crippen molar-refractivity contribution in [2.24, 2.45) is 5.92 Å². The normalized spacial score (nSPS) is 12.8. The van der Waals surface area contributed by atoms with E-state index in [9.17, 15) is 9.59 Å². The van der Waals surface area contributed by atoms with Crippen LogP contribution in [0.5, 0.6) is 0 Å². The molecule has 118 valence electrons. The van der Waals surface area contributed by atoms with E-state index in [1.807, 2.05) is 6.92 Å². The van der Waals surface area contributed by atoms with Crippen LogP contribution in [0.1, 0.15) is 47.0 Å². The van der Waals surface area contributed by atoms with Gasteiger partial charge in [0.25, 0.3) is 0 Å². The van der Waals surface area contributed by atoms with Crippen molar-refractivity contribution in [3.05, 3.63) is 0 Å². The van der Waals surface area contributed by atoms with Crippen LogP contribution in [0.4, 0.5) is 4.79 Å². The molecule has 20 heavy (non-hydrogen) atoms. The van der Waals surface area contributed by atoms with Crippen molar-refractivity contribution >= 4 is 12.1 Å². The second kappa shape index (κ2) is 9.58. The zero-order chi connectivity index (χ0) is 15.6. The van der Waals surface area contributed by atoms with Crippen molar-refractivity contribution in [3.8, 4) is 0 Å². The maximum atomic E-state index is 11.4. The first-order chi connectivity index (χ1) is 9.24. The summed E-state index contributed by atoms with van der Waals surface area (Å²) >= 11 is 0. The number of aliphatic carboxylic acids is 1. The van der Waals surface area contributed by atoms with E-state index in [2.05, 4.69) is 5.32 Å². The summed E-state index contributed by atoms with van der Waals surface area (Å²) < 4.78 is 10.5. The summed E-state index contributed by atoms with van der Waals surface area (Å²) in [5.74, 6) is -0.957. The summed E-state index contributed by atoms with van der Waals surface area (Å²) in [5, 5.41) is 11.5. The molecule has 0 spiro atoms. The Morgan fingerprint density at radius 1 is 1.30 bits per heavy atom. The molecule has 2 N–H and O–H groups in total. The van der Waals surface area contributed by atoms with E-state index in [4.69, 9.17) is 14.6 Å². The van der Waals surface area contributed by atoms with Crippen molar-refractivity contribution in [1.29, 1.82) is 0 Å². The summed E-state index contributed by atoms with van der Waals surface area (Å²) in [6, 6.07) is 0. The standard InChI is InChI=1S/C14H27NO5/c1-5-8-19-10-11(9-12(16)17)6-7-15-13(18)20-14(2,3)4/h11H,5-10H2,1-4H3,(H,15,18)(H,16,17)/t11-/m0/s1. The number of carboxylic acids is 1. The summed E-state index contributed by atoms with van der Waals surface area (Å²) in [5.41, 5.74) is -0.533. The van der Waals surface area contributed by atoms with E-state index in [1.54, 1.807) is 20.8 Å². The van der Waals surface area contributed by atoms with Gasteiger partial charge in [0.15, 0.2) is 0 Å². The molecule has 0 radical (unpaired) electrons. The number of carbonyl (C=O) groups excluding carboxylic acids is 1. The van der Waals surface area contributed by atoms with Gasteiger partial charge in [0.2, 0.25) is 0 Å². The average molecular weight is 289 g/mol. The number of carbonyl (C=O) groups is 2. The molecule has 0 aromatic rings. The highest BCUT2D eigenvalue weighted by Crippen LogP contribution is 2.10. The fourth-order valence-corrected chi connectivity index (χ4v) is 1.58. The van der Waals surface area contributed by atoms with Gasteiger partial charge in [-0.2, -0.15) is 0 Å². The Morgan fingerprint density at radius 2 is 1.95 bits per heavy atom. The number of nitrogens with one attached hydrogen (secondary N) is 1. The zero-order valence-electron chi connectivity index (χ0n) is 12.9. The van der Waals surface area contributed by atoms with E-state index in [1.165, 1.54) is 0 Å². The largest absolute Gasteiger partial charge is 0.481 e. The number of amides is 1. The van der Waals surface area contributed by atoms with Crippen LogP contribution in [0.25, 0.3) is 0 Å². The van der Waals surface area contributed by atoms with Crippen LogP contribution in [-0.4, -0.2) is 42.5 Å². The monoisotopic (exact) mass is 289 g/mol. The predicted molar refractivity (Wildman–Crippen MR) is 75.7 cm³/mol. The van der Waals surface area contributed by atoms with Crippen LogP contribution in [-0.2, 0) is 14.3 Å². The van der Waals surface area contributed by atoms with Gasteiger partial charge in [-0.3, -0.25) is 4.79 Å². The second-order valence-corrected chi connectivity index (χ2v) is 5.76.